The van der Waals surface area contributed by atoms with Crippen molar-refractivity contribution >= 4 is 14.1 Å². The monoisotopic (exact) mass is 457 g/mol. The zero-order valence-electron chi connectivity index (χ0n) is 20.8. The number of hydrogen-bond donors (Lipinski definition) is 1. The van der Waals surface area contributed by atoms with Crippen molar-refractivity contribution in [1.29, 1.82) is 0 Å². The number of Topliss-reactive ketones (excluding diaryl/α,β-unsaturated/α-hetero) is 1. The van der Waals surface area contributed by atoms with Crippen molar-refractivity contribution in [3.63, 3.8) is 0 Å². The van der Waals surface area contributed by atoms with Crippen molar-refractivity contribution in [2.24, 2.45) is 7.05 Å². The predicted octanol–water partition coefficient (Wildman–Crippen LogP) is 4.42. The molecular formula is C25H39N3O3Si. The van der Waals surface area contributed by atoms with E-state index >= 15 is 0 Å². The molecule has 1 fully saturated rings. The molecule has 1 aromatic heterocycles. The summed E-state index contributed by atoms with van der Waals surface area (Å²) in [5, 5.41) is 16.1. The maximum atomic E-state index is 13.0. The first-order chi connectivity index (χ1) is 14.8. The Morgan fingerprint density at radius 3 is 2.41 bits per heavy atom. The summed E-state index contributed by atoms with van der Waals surface area (Å²) in [6.07, 6.45) is -0.0274. The highest BCUT2D eigenvalue weighted by Crippen LogP contribution is 2.40. The van der Waals surface area contributed by atoms with Crippen LogP contribution in [0.3, 0.4) is 0 Å². The van der Waals surface area contributed by atoms with Gasteiger partial charge in [-0.3, -0.25) is 14.4 Å². The Balaban J connectivity index is 1.87. The molecule has 2 aromatic rings. The fraction of sp³-hybridized carbons (Fsp3) is 0.600. The number of likely N-dealkylation sites (tertiary alicyclic amines) is 1. The third-order valence-corrected chi connectivity index (χ3v) is 11.9. The average Bonchev–Trinajstić information content (AvgIpc) is 3.20. The number of rotatable bonds is 7. The second-order valence-corrected chi connectivity index (χ2v) is 15.4. The van der Waals surface area contributed by atoms with Crippen molar-refractivity contribution in [2.45, 2.75) is 77.4 Å². The van der Waals surface area contributed by atoms with Crippen molar-refractivity contribution in [3.8, 4) is 0 Å². The van der Waals surface area contributed by atoms with Crippen LogP contribution in [0.1, 0.15) is 60.6 Å². The van der Waals surface area contributed by atoms with Gasteiger partial charge in [-0.2, -0.15) is 5.10 Å². The molecule has 1 unspecified atom stereocenters. The summed E-state index contributed by atoms with van der Waals surface area (Å²) < 4.78 is 8.53. The lowest BCUT2D eigenvalue weighted by molar-refractivity contribution is 0.0641. The Morgan fingerprint density at radius 2 is 1.88 bits per heavy atom. The molecule has 0 spiro atoms. The van der Waals surface area contributed by atoms with Gasteiger partial charge in [-0.25, -0.2) is 0 Å². The minimum atomic E-state index is -1.97. The number of hydrogen-bond acceptors (Lipinski definition) is 5. The number of aromatic nitrogens is 2. The van der Waals surface area contributed by atoms with Gasteiger partial charge in [0, 0.05) is 36.5 Å². The summed E-state index contributed by atoms with van der Waals surface area (Å²) in [7, 11) is -0.0783. The lowest BCUT2D eigenvalue weighted by atomic mass is 9.97. The summed E-state index contributed by atoms with van der Waals surface area (Å²) in [6, 6.07) is 9.19. The molecule has 1 aliphatic heterocycles. The molecular weight excluding hydrogens is 418 g/mol. The van der Waals surface area contributed by atoms with Crippen LogP contribution in [0.5, 0.6) is 0 Å². The topological polar surface area (TPSA) is 67.6 Å². The molecule has 3 atom stereocenters. The molecule has 7 heteroatoms. The minimum absolute atomic E-state index is 0.00333. The molecule has 0 radical (unpaired) electrons. The summed E-state index contributed by atoms with van der Waals surface area (Å²) in [5.41, 5.74) is 3.35. The summed E-state index contributed by atoms with van der Waals surface area (Å²) in [5.74, 6) is 0.0652. The van der Waals surface area contributed by atoms with Crippen LogP contribution in [-0.4, -0.2) is 59.1 Å². The lowest BCUT2D eigenvalue weighted by Crippen LogP contribution is -2.44. The van der Waals surface area contributed by atoms with Crippen LogP contribution >= 0.6 is 0 Å². The smallest absolute Gasteiger partial charge is 0.192 e. The molecule has 0 bridgehead atoms. The molecule has 1 aliphatic rings. The van der Waals surface area contributed by atoms with Gasteiger partial charge in [-0.1, -0.05) is 51.1 Å². The Hall–Kier alpha value is -1.80. The zero-order valence-corrected chi connectivity index (χ0v) is 21.8. The zero-order chi connectivity index (χ0) is 23.8. The highest BCUT2D eigenvalue weighted by Gasteiger charge is 2.45. The fourth-order valence-electron chi connectivity index (χ4n) is 4.39. The van der Waals surface area contributed by atoms with Gasteiger partial charge in [0.2, 0.25) is 0 Å². The van der Waals surface area contributed by atoms with Crippen molar-refractivity contribution in [2.75, 3.05) is 13.1 Å². The SMILES string of the molecule is Cc1nn(C)c(C)c1C(O)[C@H]1C[C@H](O[Si](C)(C)C(C)(C)C)CN1CC(=O)c1ccccc1. The third-order valence-electron chi connectivity index (χ3n) is 7.35. The molecule has 1 saturated heterocycles. The van der Waals surface area contributed by atoms with E-state index in [1.807, 2.05) is 55.9 Å². The number of aliphatic hydroxyl groups excluding tert-OH is 1. The molecule has 0 amide bonds. The number of carbonyl (C=O) groups excluding carboxylic acids is 1. The van der Waals surface area contributed by atoms with E-state index in [9.17, 15) is 9.90 Å². The summed E-state index contributed by atoms with van der Waals surface area (Å²) >= 11 is 0. The first kappa shape index (κ1) is 24.8. The van der Waals surface area contributed by atoms with Gasteiger partial charge < -0.3 is 9.53 Å². The van der Waals surface area contributed by atoms with Gasteiger partial charge in [-0.15, -0.1) is 0 Å². The van der Waals surface area contributed by atoms with Crippen LogP contribution in [-0.2, 0) is 11.5 Å². The van der Waals surface area contributed by atoms with Gasteiger partial charge in [-0.05, 0) is 38.4 Å². The standard InChI is InChI=1S/C25H39N3O3Si/c1-17-23(18(2)27(6)26-17)24(30)21-14-20(31-32(7,8)25(3,4)5)15-28(21)16-22(29)19-12-10-9-11-13-19/h9-13,20-21,24,30H,14-16H2,1-8H3/t20-,21+,24?/m0/s1. The van der Waals surface area contributed by atoms with Crippen LogP contribution in [0.4, 0.5) is 0 Å². The molecule has 32 heavy (non-hydrogen) atoms. The third kappa shape index (κ3) is 5.06. The Bertz CT molecular complexity index is 949. The molecule has 176 valence electrons. The number of aryl methyl sites for hydroxylation is 2. The van der Waals surface area contributed by atoms with Gasteiger partial charge in [0.05, 0.1) is 24.4 Å². The normalized spacial score (nSPS) is 21.2. The Labute approximate surface area is 193 Å². The van der Waals surface area contributed by atoms with Crippen molar-refractivity contribution in [1.82, 2.24) is 14.7 Å². The molecule has 3 rings (SSSR count). The first-order valence-electron chi connectivity index (χ1n) is 11.5. The van der Waals surface area contributed by atoms with E-state index < -0.39 is 14.4 Å². The van der Waals surface area contributed by atoms with E-state index in [2.05, 4.69) is 43.9 Å². The maximum Gasteiger partial charge on any atom is 0.192 e. The van der Waals surface area contributed by atoms with Crippen molar-refractivity contribution < 1.29 is 14.3 Å². The molecule has 0 saturated carbocycles. The van der Waals surface area contributed by atoms with Crippen LogP contribution in [0.15, 0.2) is 30.3 Å². The number of carbonyl (C=O) groups is 1. The fourth-order valence-corrected chi connectivity index (χ4v) is 5.75. The van der Waals surface area contributed by atoms with Crippen LogP contribution in [0.2, 0.25) is 18.1 Å². The highest BCUT2D eigenvalue weighted by molar-refractivity contribution is 6.74. The van der Waals surface area contributed by atoms with Crippen LogP contribution in [0.25, 0.3) is 0 Å². The van der Waals surface area contributed by atoms with Gasteiger partial charge in [0.1, 0.15) is 0 Å². The van der Waals surface area contributed by atoms with Gasteiger partial charge >= 0.3 is 0 Å². The highest BCUT2D eigenvalue weighted by atomic mass is 28.4. The molecule has 1 aromatic carbocycles. The molecule has 2 heterocycles. The largest absolute Gasteiger partial charge is 0.413 e. The molecule has 0 aliphatic carbocycles. The second kappa shape index (κ2) is 9.21. The summed E-state index contributed by atoms with van der Waals surface area (Å²) in [4.78, 5) is 15.1. The quantitative estimate of drug-likeness (QED) is 0.492. The van der Waals surface area contributed by atoms with E-state index in [0.717, 1.165) is 17.0 Å². The summed E-state index contributed by atoms with van der Waals surface area (Å²) in [6.45, 7) is 16.0. The second-order valence-electron chi connectivity index (χ2n) is 10.7. The van der Waals surface area contributed by atoms with E-state index in [-0.39, 0.29) is 29.5 Å². The van der Waals surface area contributed by atoms with Gasteiger partial charge in [0.25, 0.3) is 0 Å². The van der Waals surface area contributed by atoms with E-state index in [4.69, 9.17) is 4.43 Å². The maximum absolute atomic E-state index is 13.0. The van der Waals surface area contributed by atoms with E-state index in [1.54, 1.807) is 0 Å². The Kier molecular flexibility index (Phi) is 7.15. The average molecular weight is 458 g/mol. The predicted molar refractivity (Wildman–Crippen MR) is 130 cm³/mol. The number of benzene rings is 1. The first-order valence-corrected chi connectivity index (χ1v) is 14.4. The lowest BCUT2D eigenvalue weighted by Gasteiger charge is -2.38. The Morgan fingerprint density at radius 1 is 1.25 bits per heavy atom. The van der Waals surface area contributed by atoms with E-state index in [0.29, 0.717) is 18.5 Å². The van der Waals surface area contributed by atoms with Gasteiger partial charge in [0.15, 0.2) is 14.1 Å². The minimum Gasteiger partial charge on any atom is -0.413 e. The molecule has 6 nitrogen and oxygen atoms in total. The van der Waals surface area contributed by atoms with E-state index in [1.165, 1.54) is 0 Å². The molecule has 1 N–H and O–H groups in total. The van der Waals surface area contributed by atoms with Crippen LogP contribution < -0.4 is 0 Å². The number of ketones is 1. The number of nitrogens with zero attached hydrogens (tertiary/aromatic N) is 3. The van der Waals surface area contributed by atoms with Crippen molar-refractivity contribution in [3.05, 3.63) is 52.8 Å². The van der Waals surface area contributed by atoms with Crippen LogP contribution in [0, 0.1) is 13.8 Å². The number of aliphatic hydroxyl groups is 1.